The number of benzene rings is 1. The lowest BCUT2D eigenvalue weighted by atomic mass is 10.1. The minimum absolute atomic E-state index is 0.109. The van der Waals surface area contributed by atoms with E-state index in [9.17, 15) is 8.78 Å². The van der Waals surface area contributed by atoms with Crippen molar-refractivity contribution in [2.45, 2.75) is 39.3 Å². The van der Waals surface area contributed by atoms with Crippen molar-refractivity contribution in [2.24, 2.45) is 0 Å². The molecule has 2 rings (SSSR count). The minimum Gasteiger partial charge on any atom is -0.303 e. The van der Waals surface area contributed by atoms with Crippen LogP contribution in [0.2, 0.25) is 0 Å². The zero-order valence-electron chi connectivity index (χ0n) is 11.9. The molecule has 2 atom stereocenters. The summed E-state index contributed by atoms with van der Waals surface area (Å²) in [6, 6.07) is 7.65. The van der Waals surface area contributed by atoms with E-state index in [1.807, 2.05) is 13.8 Å². The molecule has 0 saturated heterocycles. The van der Waals surface area contributed by atoms with Crippen LogP contribution in [0.25, 0.3) is 0 Å². The van der Waals surface area contributed by atoms with Gasteiger partial charge in [0.15, 0.2) is 0 Å². The van der Waals surface area contributed by atoms with Crippen molar-refractivity contribution in [2.75, 3.05) is 0 Å². The molecule has 1 nitrogen and oxygen atoms in total. The first-order valence-corrected chi connectivity index (χ1v) is 7.62. The van der Waals surface area contributed by atoms with Crippen molar-refractivity contribution in [3.8, 4) is 0 Å². The first-order valence-electron chi connectivity index (χ1n) is 6.80. The lowest BCUT2D eigenvalue weighted by Gasteiger charge is -2.20. The van der Waals surface area contributed by atoms with Gasteiger partial charge in [-0.25, -0.2) is 8.78 Å². The predicted molar refractivity (Wildman–Crippen MR) is 80.0 cm³/mol. The predicted octanol–water partition coefficient (Wildman–Crippen LogP) is 5.00. The summed E-state index contributed by atoms with van der Waals surface area (Å²) < 4.78 is 27.0. The smallest absolute Gasteiger partial charge is 0.128 e. The van der Waals surface area contributed by atoms with Gasteiger partial charge in [-0.1, -0.05) is 6.92 Å². The summed E-state index contributed by atoms with van der Waals surface area (Å²) in [5.41, 5.74) is 0.365. The molecule has 108 valence electrons. The standard InChI is InChI=1S/C16H19F2NS/c1-4-13-6-8-16(20-13)11(3)19-10(2)14-9-12(17)5-7-15(14)18/h5-11,19H,4H2,1-3H3. The van der Waals surface area contributed by atoms with Crippen LogP contribution in [0.15, 0.2) is 30.3 Å². The topological polar surface area (TPSA) is 12.0 Å². The molecule has 1 aromatic carbocycles. The van der Waals surface area contributed by atoms with Crippen LogP contribution in [-0.2, 0) is 6.42 Å². The monoisotopic (exact) mass is 295 g/mol. The highest BCUT2D eigenvalue weighted by molar-refractivity contribution is 7.12. The maximum absolute atomic E-state index is 13.7. The number of thiophene rings is 1. The molecule has 0 bridgehead atoms. The Balaban J connectivity index is 2.10. The Labute approximate surface area is 122 Å². The number of rotatable bonds is 5. The number of aryl methyl sites for hydroxylation is 1. The summed E-state index contributed by atoms with van der Waals surface area (Å²) in [6.45, 7) is 6.01. The molecule has 20 heavy (non-hydrogen) atoms. The highest BCUT2D eigenvalue weighted by atomic mass is 32.1. The molecule has 4 heteroatoms. The molecule has 2 aromatic rings. The molecule has 0 amide bonds. The summed E-state index contributed by atoms with van der Waals surface area (Å²) in [5.74, 6) is -0.786. The second-order valence-electron chi connectivity index (χ2n) is 4.93. The van der Waals surface area contributed by atoms with E-state index in [2.05, 4.69) is 24.4 Å². The third-order valence-electron chi connectivity index (χ3n) is 3.38. The Bertz CT molecular complexity index is 580. The van der Waals surface area contributed by atoms with E-state index < -0.39 is 5.82 Å². The zero-order valence-corrected chi connectivity index (χ0v) is 12.7. The maximum atomic E-state index is 13.7. The molecule has 0 aliphatic rings. The van der Waals surface area contributed by atoms with Gasteiger partial charge in [0.1, 0.15) is 11.6 Å². The van der Waals surface area contributed by atoms with Gasteiger partial charge in [-0.2, -0.15) is 0 Å². The SMILES string of the molecule is CCc1ccc(C(C)NC(C)c2cc(F)ccc2F)s1. The van der Waals surface area contributed by atoms with Gasteiger partial charge in [0.25, 0.3) is 0 Å². The number of nitrogens with one attached hydrogen (secondary N) is 1. The molecule has 0 fully saturated rings. The fraction of sp³-hybridized carbons (Fsp3) is 0.375. The van der Waals surface area contributed by atoms with Crippen LogP contribution in [0.4, 0.5) is 8.78 Å². The van der Waals surface area contributed by atoms with Crippen molar-refractivity contribution in [1.29, 1.82) is 0 Å². The van der Waals surface area contributed by atoms with Gasteiger partial charge in [-0.15, -0.1) is 11.3 Å². The molecule has 0 aliphatic carbocycles. The quantitative estimate of drug-likeness (QED) is 0.818. The molecule has 2 unspecified atom stereocenters. The van der Waals surface area contributed by atoms with Gasteiger partial charge in [-0.3, -0.25) is 0 Å². The van der Waals surface area contributed by atoms with Gasteiger partial charge < -0.3 is 5.32 Å². The van der Waals surface area contributed by atoms with Crippen LogP contribution in [0.1, 0.15) is 48.2 Å². The van der Waals surface area contributed by atoms with Crippen molar-refractivity contribution in [3.05, 3.63) is 57.3 Å². The lowest BCUT2D eigenvalue weighted by molar-refractivity contribution is 0.473. The van der Waals surface area contributed by atoms with E-state index in [1.165, 1.54) is 21.9 Å². The number of hydrogen-bond donors (Lipinski definition) is 1. The average molecular weight is 295 g/mol. The van der Waals surface area contributed by atoms with Gasteiger partial charge in [0, 0.05) is 27.4 Å². The molecule has 1 N–H and O–H groups in total. The molecule has 0 spiro atoms. The summed E-state index contributed by atoms with van der Waals surface area (Å²) in [5, 5.41) is 3.32. The summed E-state index contributed by atoms with van der Waals surface area (Å²) in [6.07, 6.45) is 1.02. The second kappa shape index (κ2) is 6.46. The fourth-order valence-electron chi connectivity index (χ4n) is 2.21. The fourth-order valence-corrected chi connectivity index (χ4v) is 3.17. The third kappa shape index (κ3) is 3.44. The Morgan fingerprint density at radius 1 is 1.10 bits per heavy atom. The van der Waals surface area contributed by atoms with Gasteiger partial charge in [-0.05, 0) is 50.6 Å². The van der Waals surface area contributed by atoms with E-state index in [1.54, 1.807) is 11.3 Å². The maximum Gasteiger partial charge on any atom is 0.128 e. The van der Waals surface area contributed by atoms with E-state index in [4.69, 9.17) is 0 Å². The Morgan fingerprint density at radius 2 is 1.85 bits per heavy atom. The molecule has 1 heterocycles. The van der Waals surface area contributed by atoms with Crippen molar-refractivity contribution in [3.63, 3.8) is 0 Å². The molecular weight excluding hydrogens is 276 g/mol. The molecule has 0 radical (unpaired) electrons. The van der Waals surface area contributed by atoms with Crippen LogP contribution >= 0.6 is 11.3 Å². The van der Waals surface area contributed by atoms with Gasteiger partial charge in [0.2, 0.25) is 0 Å². The van der Waals surface area contributed by atoms with E-state index >= 15 is 0 Å². The normalized spacial score (nSPS) is 14.2. The summed E-state index contributed by atoms with van der Waals surface area (Å²) in [7, 11) is 0. The Morgan fingerprint density at radius 3 is 2.50 bits per heavy atom. The van der Waals surface area contributed by atoms with E-state index in [0.717, 1.165) is 12.5 Å². The number of hydrogen-bond acceptors (Lipinski definition) is 2. The van der Waals surface area contributed by atoms with Crippen molar-refractivity contribution in [1.82, 2.24) is 5.32 Å². The van der Waals surface area contributed by atoms with Crippen LogP contribution in [0.3, 0.4) is 0 Å². The second-order valence-corrected chi connectivity index (χ2v) is 6.13. The average Bonchev–Trinajstić information content (AvgIpc) is 2.90. The Kier molecular flexibility index (Phi) is 4.89. The molecule has 0 saturated carbocycles. The molecule has 1 aromatic heterocycles. The highest BCUT2D eigenvalue weighted by Crippen LogP contribution is 2.27. The minimum atomic E-state index is -0.410. The van der Waals surface area contributed by atoms with Crippen LogP contribution in [0, 0.1) is 11.6 Å². The first-order chi connectivity index (χ1) is 9.51. The van der Waals surface area contributed by atoms with Crippen molar-refractivity contribution >= 4 is 11.3 Å². The summed E-state index contributed by atoms with van der Waals surface area (Å²) >= 11 is 1.76. The van der Waals surface area contributed by atoms with Gasteiger partial charge in [0.05, 0.1) is 0 Å². The van der Waals surface area contributed by atoms with Crippen LogP contribution in [0.5, 0.6) is 0 Å². The largest absolute Gasteiger partial charge is 0.303 e. The lowest BCUT2D eigenvalue weighted by Crippen LogP contribution is -2.22. The van der Waals surface area contributed by atoms with Crippen LogP contribution in [-0.4, -0.2) is 0 Å². The van der Waals surface area contributed by atoms with Crippen molar-refractivity contribution < 1.29 is 8.78 Å². The Hall–Kier alpha value is -1.26. The van der Waals surface area contributed by atoms with Crippen LogP contribution < -0.4 is 5.32 Å². The third-order valence-corrected chi connectivity index (χ3v) is 4.79. The first kappa shape index (κ1) is 15.1. The zero-order chi connectivity index (χ0) is 14.7. The molecular formula is C16H19F2NS. The number of halogens is 2. The summed E-state index contributed by atoms with van der Waals surface area (Å²) in [4.78, 5) is 2.55. The van der Waals surface area contributed by atoms with E-state index in [-0.39, 0.29) is 17.9 Å². The highest BCUT2D eigenvalue weighted by Gasteiger charge is 2.16. The van der Waals surface area contributed by atoms with E-state index in [0.29, 0.717) is 5.56 Å². The van der Waals surface area contributed by atoms with Gasteiger partial charge >= 0.3 is 0 Å². The molecule has 0 aliphatic heterocycles.